The van der Waals surface area contributed by atoms with E-state index in [9.17, 15) is 9.59 Å². The highest BCUT2D eigenvalue weighted by molar-refractivity contribution is 5.97. The van der Waals surface area contributed by atoms with Gasteiger partial charge in [-0.05, 0) is 75.7 Å². The van der Waals surface area contributed by atoms with Crippen LogP contribution in [-0.2, 0) is 4.79 Å². The van der Waals surface area contributed by atoms with E-state index in [1.54, 1.807) is 23.0 Å². The molecular weight excluding hydrogens is 476 g/mol. The third-order valence-electron chi connectivity index (χ3n) is 7.69. The molecule has 0 radical (unpaired) electrons. The van der Waals surface area contributed by atoms with Gasteiger partial charge >= 0.3 is 0 Å². The van der Waals surface area contributed by atoms with Gasteiger partial charge in [-0.3, -0.25) is 9.59 Å². The fourth-order valence-electron chi connectivity index (χ4n) is 5.13. The van der Waals surface area contributed by atoms with Crippen molar-refractivity contribution < 1.29 is 9.59 Å². The molecule has 3 aromatic rings. The Labute approximate surface area is 225 Å². The maximum atomic E-state index is 13.4. The first-order chi connectivity index (χ1) is 18.5. The topological polar surface area (TPSA) is 82.5 Å². The number of hydrogen-bond donors (Lipinski definition) is 2. The molecule has 8 heteroatoms. The van der Waals surface area contributed by atoms with Gasteiger partial charge < -0.3 is 20.4 Å². The lowest BCUT2D eigenvalue weighted by Crippen LogP contribution is -2.54. The van der Waals surface area contributed by atoms with E-state index >= 15 is 0 Å². The molecule has 2 aromatic carbocycles. The van der Waals surface area contributed by atoms with Crippen molar-refractivity contribution in [2.24, 2.45) is 0 Å². The average molecular weight is 515 g/mol. The van der Waals surface area contributed by atoms with E-state index in [0.29, 0.717) is 37.0 Å². The summed E-state index contributed by atoms with van der Waals surface area (Å²) in [5.41, 5.74) is 4.09. The predicted octanol–water partition coefficient (Wildman–Crippen LogP) is 2.98. The molecule has 8 nitrogen and oxygen atoms in total. The molecule has 2 aliphatic rings. The van der Waals surface area contributed by atoms with Crippen molar-refractivity contribution in [3.8, 4) is 5.69 Å². The number of benzene rings is 2. The van der Waals surface area contributed by atoms with Crippen molar-refractivity contribution in [1.82, 2.24) is 30.2 Å². The second-order valence-corrected chi connectivity index (χ2v) is 10.6. The van der Waals surface area contributed by atoms with Crippen LogP contribution in [0.1, 0.15) is 46.7 Å². The van der Waals surface area contributed by atoms with Crippen LogP contribution in [-0.4, -0.2) is 83.2 Å². The summed E-state index contributed by atoms with van der Waals surface area (Å²) in [6.07, 6.45) is 6.16. The number of aromatic nitrogens is 2. The molecule has 1 aliphatic carbocycles. The predicted molar refractivity (Wildman–Crippen MR) is 148 cm³/mol. The lowest BCUT2D eigenvalue weighted by atomic mass is 10.1. The summed E-state index contributed by atoms with van der Waals surface area (Å²) in [6, 6.07) is 17.9. The van der Waals surface area contributed by atoms with E-state index in [1.165, 1.54) is 11.1 Å². The van der Waals surface area contributed by atoms with E-state index in [-0.39, 0.29) is 11.8 Å². The molecule has 2 heterocycles. The van der Waals surface area contributed by atoms with Gasteiger partial charge in [-0.25, -0.2) is 4.68 Å². The van der Waals surface area contributed by atoms with Crippen molar-refractivity contribution in [3.63, 3.8) is 0 Å². The maximum absolute atomic E-state index is 13.4. The van der Waals surface area contributed by atoms with Gasteiger partial charge in [0.25, 0.3) is 5.91 Å². The molecule has 0 unspecified atom stereocenters. The van der Waals surface area contributed by atoms with Crippen LogP contribution < -0.4 is 10.6 Å². The lowest BCUT2D eigenvalue weighted by Gasteiger charge is -2.34. The number of carbonyl (C=O) groups excluding carboxylic acids is 2. The fourth-order valence-corrected chi connectivity index (χ4v) is 5.13. The van der Waals surface area contributed by atoms with Gasteiger partial charge in [0.1, 0.15) is 6.04 Å². The fraction of sp³-hybridized carbons (Fsp3) is 0.433. The Balaban J connectivity index is 1.16. The number of rotatable bonds is 10. The normalized spacial score (nSPS) is 20.2. The molecule has 2 amide bonds. The van der Waals surface area contributed by atoms with Crippen molar-refractivity contribution in [1.29, 1.82) is 0 Å². The number of hydrogen-bond acceptors (Lipinski definition) is 5. The number of aryl methyl sites for hydroxylation is 1. The SMILES string of the molecule is Cc1ccc([C@@H]2C[C@H]2NCCC[C@H](NC(=O)c2ccc(-n3cccn3)cc2)C(=O)N2CCN(C)CC2)cc1. The summed E-state index contributed by atoms with van der Waals surface area (Å²) in [5, 5.41) is 10.9. The summed E-state index contributed by atoms with van der Waals surface area (Å²) in [4.78, 5) is 30.7. The molecule has 3 atom stereocenters. The second-order valence-electron chi connectivity index (χ2n) is 10.6. The van der Waals surface area contributed by atoms with Gasteiger partial charge in [0.15, 0.2) is 0 Å². The smallest absolute Gasteiger partial charge is 0.251 e. The first-order valence-electron chi connectivity index (χ1n) is 13.7. The van der Waals surface area contributed by atoms with Crippen LogP contribution in [0, 0.1) is 6.92 Å². The number of piperazine rings is 1. The van der Waals surface area contributed by atoms with Crippen molar-refractivity contribution >= 4 is 11.8 Å². The molecule has 1 aliphatic heterocycles. The van der Waals surface area contributed by atoms with E-state index in [4.69, 9.17) is 0 Å². The minimum absolute atomic E-state index is 0.0172. The zero-order chi connectivity index (χ0) is 26.5. The van der Waals surface area contributed by atoms with Crippen molar-refractivity contribution in [2.75, 3.05) is 39.8 Å². The molecule has 1 aromatic heterocycles. The number of likely N-dealkylation sites (N-methyl/N-ethyl adjacent to an activating group) is 1. The van der Waals surface area contributed by atoms with Crippen LogP contribution in [0.4, 0.5) is 0 Å². The highest BCUT2D eigenvalue weighted by Gasteiger charge is 2.37. The third-order valence-corrected chi connectivity index (χ3v) is 7.69. The Morgan fingerprint density at radius 1 is 1.03 bits per heavy atom. The molecule has 0 bridgehead atoms. The van der Waals surface area contributed by atoms with Gasteiger partial charge in [-0.2, -0.15) is 5.10 Å². The monoisotopic (exact) mass is 514 g/mol. The zero-order valence-corrected chi connectivity index (χ0v) is 22.3. The van der Waals surface area contributed by atoms with Crippen LogP contribution in [0.2, 0.25) is 0 Å². The first-order valence-corrected chi connectivity index (χ1v) is 13.7. The summed E-state index contributed by atoms with van der Waals surface area (Å²) >= 11 is 0. The Morgan fingerprint density at radius 2 is 1.76 bits per heavy atom. The highest BCUT2D eigenvalue weighted by atomic mass is 16.2. The maximum Gasteiger partial charge on any atom is 0.251 e. The summed E-state index contributed by atoms with van der Waals surface area (Å²) in [5.74, 6) is 0.366. The van der Waals surface area contributed by atoms with E-state index in [2.05, 4.69) is 58.9 Å². The third kappa shape index (κ3) is 6.49. The molecule has 2 fully saturated rings. The van der Waals surface area contributed by atoms with Crippen LogP contribution >= 0.6 is 0 Å². The largest absolute Gasteiger partial charge is 0.340 e. The Hall–Kier alpha value is -3.49. The van der Waals surface area contributed by atoms with Crippen molar-refractivity contribution in [2.45, 2.75) is 44.2 Å². The van der Waals surface area contributed by atoms with Gasteiger partial charge in [0, 0.05) is 56.1 Å². The molecule has 1 saturated carbocycles. The minimum atomic E-state index is -0.536. The summed E-state index contributed by atoms with van der Waals surface area (Å²) in [6.45, 7) is 6.03. The molecule has 38 heavy (non-hydrogen) atoms. The summed E-state index contributed by atoms with van der Waals surface area (Å²) in [7, 11) is 2.07. The standard InChI is InChI=1S/C30H38N6O2/c1-22-6-8-23(9-7-22)26-21-28(26)31-14-3-5-27(30(38)35-19-17-34(2)18-20-35)33-29(37)24-10-12-25(13-11-24)36-16-4-15-32-36/h4,6-13,15-16,26-28,31H,3,5,14,17-21H2,1-2H3,(H,33,37)/t26-,27-,28+/m0/s1. The van der Waals surface area contributed by atoms with E-state index in [1.807, 2.05) is 29.3 Å². The Kier molecular flexibility index (Phi) is 8.20. The first kappa shape index (κ1) is 26.1. The lowest BCUT2D eigenvalue weighted by molar-refractivity contribution is -0.135. The number of nitrogens with zero attached hydrogens (tertiary/aromatic N) is 4. The van der Waals surface area contributed by atoms with Gasteiger partial charge in [0.2, 0.25) is 5.91 Å². The summed E-state index contributed by atoms with van der Waals surface area (Å²) < 4.78 is 1.75. The second kappa shape index (κ2) is 11.9. The van der Waals surface area contributed by atoms with Gasteiger partial charge in [-0.15, -0.1) is 0 Å². The number of amides is 2. The molecule has 200 valence electrons. The molecule has 2 N–H and O–H groups in total. The van der Waals surface area contributed by atoms with Crippen LogP contribution in [0.3, 0.4) is 0 Å². The zero-order valence-electron chi connectivity index (χ0n) is 22.3. The number of carbonyl (C=O) groups is 2. The van der Waals surface area contributed by atoms with Crippen LogP contribution in [0.15, 0.2) is 67.0 Å². The molecule has 5 rings (SSSR count). The van der Waals surface area contributed by atoms with Crippen LogP contribution in [0.5, 0.6) is 0 Å². The molecular formula is C30H38N6O2. The molecule has 0 spiro atoms. The van der Waals surface area contributed by atoms with Gasteiger partial charge in [0.05, 0.1) is 5.69 Å². The van der Waals surface area contributed by atoms with E-state index < -0.39 is 6.04 Å². The van der Waals surface area contributed by atoms with Crippen LogP contribution in [0.25, 0.3) is 5.69 Å². The van der Waals surface area contributed by atoms with E-state index in [0.717, 1.165) is 38.2 Å². The molecule has 1 saturated heterocycles. The highest BCUT2D eigenvalue weighted by Crippen LogP contribution is 2.40. The Bertz CT molecular complexity index is 1200. The Morgan fingerprint density at radius 3 is 2.45 bits per heavy atom. The number of nitrogens with one attached hydrogen (secondary N) is 2. The average Bonchev–Trinajstić information content (AvgIpc) is 3.49. The van der Waals surface area contributed by atoms with Crippen molar-refractivity contribution in [3.05, 3.63) is 83.7 Å². The quantitative estimate of drug-likeness (QED) is 0.407. The van der Waals surface area contributed by atoms with Gasteiger partial charge in [-0.1, -0.05) is 29.8 Å². The minimum Gasteiger partial charge on any atom is -0.340 e.